The van der Waals surface area contributed by atoms with E-state index in [1.54, 1.807) is 24.3 Å². The van der Waals surface area contributed by atoms with Gasteiger partial charge in [-0.15, -0.1) is 0 Å². The van der Waals surface area contributed by atoms with Crippen LogP contribution in [0.15, 0.2) is 48.5 Å². The Morgan fingerprint density at radius 1 is 0.885 bits per heavy atom. The summed E-state index contributed by atoms with van der Waals surface area (Å²) in [6.45, 7) is 4.35. The largest absolute Gasteiger partial charge is 0.508 e. The zero-order valence-corrected chi connectivity index (χ0v) is 15.5. The van der Waals surface area contributed by atoms with E-state index in [4.69, 9.17) is 5.11 Å². The molecule has 4 heteroatoms. The molecule has 0 saturated carbocycles. The number of aromatic hydroxyl groups is 2. The first-order valence-electron chi connectivity index (χ1n) is 9.14. The van der Waals surface area contributed by atoms with Gasteiger partial charge in [0.25, 0.3) is 0 Å². The Bertz CT molecular complexity index is 656. The number of carboxylic acid groups (broad SMARTS) is 1. The van der Waals surface area contributed by atoms with Gasteiger partial charge in [0.05, 0.1) is 0 Å². The molecular weight excluding hydrogens is 328 g/mol. The van der Waals surface area contributed by atoms with E-state index < -0.39 is 5.97 Å². The number of hydrogen-bond donors (Lipinski definition) is 3. The van der Waals surface area contributed by atoms with Crippen LogP contribution in [-0.2, 0) is 10.2 Å². The monoisotopic (exact) mass is 356 g/mol. The first-order chi connectivity index (χ1) is 12.3. The second kappa shape index (κ2) is 8.75. The van der Waals surface area contributed by atoms with Gasteiger partial charge in [-0.2, -0.15) is 0 Å². The van der Waals surface area contributed by atoms with Gasteiger partial charge in [-0.05, 0) is 67.0 Å². The Balaban J connectivity index is 2.50. The lowest BCUT2D eigenvalue weighted by Crippen LogP contribution is -2.29. The average Bonchev–Trinajstić information content (AvgIpc) is 2.59. The molecule has 0 radical (unpaired) electrons. The highest BCUT2D eigenvalue weighted by molar-refractivity contribution is 5.66. The molecule has 3 N–H and O–H groups in total. The van der Waals surface area contributed by atoms with E-state index in [1.165, 1.54) is 0 Å². The van der Waals surface area contributed by atoms with Crippen molar-refractivity contribution in [3.05, 3.63) is 59.7 Å². The minimum absolute atomic E-state index is 0.125. The van der Waals surface area contributed by atoms with Crippen LogP contribution >= 0.6 is 0 Å². The smallest absolute Gasteiger partial charge is 0.303 e. The quantitative estimate of drug-likeness (QED) is 0.586. The van der Waals surface area contributed by atoms with Gasteiger partial charge in [-0.3, -0.25) is 4.79 Å². The molecule has 0 aliphatic rings. The van der Waals surface area contributed by atoms with Gasteiger partial charge in [-0.25, -0.2) is 0 Å². The molecule has 140 valence electrons. The number of rotatable bonds is 9. The predicted molar refractivity (Wildman–Crippen MR) is 103 cm³/mol. The minimum Gasteiger partial charge on any atom is -0.508 e. The van der Waals surface area contributed by atoms with Crippen molar-refractivity contribution in [2.45, 2.75) is 51.4 Å². The van der Waals surface area contributed by atoms with Crippen LogP contribution in [-0.4, -0.2) is 21.3 Å². The molecule has 0 aromatic heterocycles. The molecule has 2 aromatic carbocycles. The van der Waals surface area contributed by atoms with E-state index in [0.29, 0.717) is 18.8 Å². The predicted octanol–water partition coefficient (Wildman–Crippen LogP) is 5.08. The van der Waals surface area contributed by atoms with Crippen molar-refractivity contribution < 1.29 is 20.1 Å². The van der Waals surface area contributed by atoms with Crippen LogP contribution in [0.4, 0.5) is 0 Å². The van der Waals surface area contributed by atoms with Crippen LogP contribution < -0.4 is 0 Å². The normalized spacial score (nSPS) is 11.7. The number of hydrogen-bond acceptors (Lipinski definition) is 3. The third-order valence-electron chi connectivity index (χ3n) is 4.98. The maximum absolute atomic E-state index is 11.0. The van der Waals surface area contributed by atoms with E-state index in [9.17, 15) is 15.0 Å². The van der Waals surface area contributed by atoms with Crippen molar-refractivity contribution in [2.24, 2.45) is 5.92 Å². The number of benzene rings is 2. The number of carboxylic acids is 1. The highest BCUT2D eigenvalue weighted by Gasteiger charge is 2.34. The molecule has 0 heterocycles. The summed E-state index contributed by atoms with van der Waals surface area (Å²) in [5.74, 6) is 0.146. The Kier molecular flexibility index (Phi) is 6.67. The van der Waals surface area contributed by atoms with Gasteiger partial charge >= 0.3 is 5.97 Å². The van der Waals surface area contributed by atoms with Crippen molar-refractivity contribution in [2.75, 3.05) is 0 Å². The molecule has 0 unspecified atom stereocenters. The summed E-state index contributed by atoms with van der Waals surface area (Å²) in [5, 5.41) is 28.4. The minimum atomic E-state index is -0.792. The molecule has 0 spiro atoms. The van der Waals surface area contributed by atoms with E-state index in [-0.39, 0.29) is 23.3 Å². The van der Waals surface area contributed by atoms with Crippen molar-refractivity contribution in [3.63, 3.8) is 0 Å². The lowest BCUT2D eigenvalue weighted by atomic mass is 9.67. The van der Waals surface area contributed by atoms with Gasteiger partial charge < -0.3 is 15.3 Å². The molecule has 0 aliphatic heterocycles. The Labute approximate surface area is 155 Å². The Morgan fingerprint density at radius 3 is 1.73 bits per heavy atom. The first kappa shape index (κ1) is 19.8. The lowest BCUT2D eigenvalue weighted by Gasteiger charge is -2.36. The van der Waals surface area contributed by atoms with Gasteiger partial charge in [0, 0.05) is 11.8 Å². The summed E-state index contributed by atoms with van der Waals surface area (Å²) in [7, 11) is 0. The fraction of sp³-hybridized carbons (Fsp3) is 0.409. The molecule has 26 heavy (non-hydrogen) atoms. The topological polar surface area (TPSA) is 77.8 Å². The summed E-state index contributed by atoms with van der Waals surface area (Å²) in [6, 6.07) is 14.4. The SMILES string of the molecule is CC(C)CCC(CCCC(=O)O)(c1ccc(O)cc1)c1ccc(O)cc1. The van der Waals surface area contributed by atoms with Crippen LogP contribution in [0.2, 0.25) is 0 Å². The Hall–Kier alpha value is -2.49. The average molecular weight is 356 g/mol. The third kappa shape index (κ3) is 5.01. The molecule has 4 nitrogen and oxygen atoms in total. The standard InChI is InChI=1S/C22H28O4/c1-16(2)13-15-22(14-3-4-21(25)26,17-5-9-19(23)10-6-17)18-7-11-20(24)12-8-18/h5-12,16,23-24H,3-4,13-15H2,1-2H3,(H,25,26). The summed E-state index contributed by atoms with van der Waals surface area (Å²) in [4.78, 5) is 11.0. The van der Waals surface area contributed by atoms with Gasteiger partial charge in [0.1, 0.15) is 11.5 Å². The van der Waals surface area contributed by atoms with E-state index in [0.717, 1.165) is 24.0 Å². The molecule has 0 fully saturated rings. The molecule has 2 rings (SSSR count). The van der Waals surface area contributed by atoms with Crippen molar-refractivity contribution in [1.82, 2.24) is 0 Å². The second-order valence-corrected chi connectivity index (χ2v) is 7.36. The van der Waals surface area contributed by atoms with E-state index in [1.807, 2.05) is 24.3 Å². The summed E-state index contributed by atoms with van der Waals surface area (Å²) < 4.78 is 0. The first-order valence-corrected chi connectivity index (χ1v) is 9.14. The molecular formula is C22H28O4. The van der Waals surface area contributed by atoms with Crippen molar-refractivity contribution >= 4 is 5.97 Å². The Morgan fingerprint density at radius 2 is 1.35 bits per heavy atom. The van der Waals surface area contributed by atoms with Gasteiger partial charge in [0.15, 0.2) is 0 Å². The third-order valence-corrected chi connectivity index (χ3v) is 4.98. The fourth-order valence-corrected chi connectivity index (χ4v) is 3.51. The fourth-order valence-electron chi connectivity index (χ4n) is 3.51. The van der Waals surface area contributed by atoms with E-state index in [2.05, 4.69) is 13.8 Å². The lowest BCUT2D eigenvalue weighted by molar-refractivity contribution is -0.137. The van der Waals surface area contributed by atoms with Crippen molar-refractivity contribution in [1.29, 1.82) is 0 Å². The summed E-state index contributed by atoms with van der Waals surface area (Å²) >= 11 is 0. The summed E-state index contributed by atoms with van der Waals surface area (Å²) in [6.07, 6.45) is 3.25. The zero-order chi connectivity index (χ0) is 19.2. The number of carbonyl (C=O) groups is 1. The molecule has 0 bridgehead atoms. The van der Waals surface area contributed by atoms with Crippen molar-refractivity contribution in [3.8, 4) is 11.5 Å². The molecule has 0 atom stereocenters. The second-order valence-electron chi connectivity index (χ2n) is 7.36. The van der Waals surface area contributed by atoms with Crippen LogP contribution in [0, 0.1) is 5.92 Å². The summed E-state index contributed by atoms with van der Waals surface area (Å²) in [5.41, 5.74) is 1.78. The molecule has 0 amide bonds. The van der Waals surface area contributed by atoms with Crippen LogP contribution in [0.5, 0.6) is 11.5 Å². The highest BCUT2D eigenvalue weighted by Crippen LogP contribution is 2.43. The molecule has 0 aliphatic carbocycles. The maximum Gasteiger partial charge on any atom is 0.303 e. The van der Waals surface area contributed by atoms with Crippen LogP contribution in [0.25, 0.3) is 0 Å². The van der Waals surface area contributed by atoms with E-state index >= 15 is 0 Å². The number of aliphatic carboxylic acids is 1. The van der Waals surface area contributed by atoms with Gasteiger partial charge in [-0.1, -0.05) is 38.1 Å². The zero-order valence-electron chi connectivity index (χ0n) is 15.5. The number of phenolic OH excluding ortho intramolecular Hbond substituents is 2. The van der Waals surface area contributed by atoms with Crippen LogP contribution in [0.1, 0.15) is 57.1 Å². The molecule has 2 aromatic rings. The highest BCUT2D eigenvalue weighted by atomic mass is 16.4. The molecule has 0 saturated heterocycles. The van der Waals surface area contributed by atoms with Gasteiger partial charge in [0.2, 0.25) is 0 Å². The maximum atomic E-state index is 11.0. The van der Waals surface area contributed by atoms with Crippen LogP contribution in [0.3, 0.4) is 0 Å². The number of phenols is 2.